The molecule has 1 aliphatic rings. The number of rotatable bonds is 7. The number of hydrogen-bond acceptors (Lipinski definition) is 3. The molecule has 7 nitrogen and oxygen atoms in total. The Morgan fingerprint density at radius 3 is 2.22 bits per heavy atom. The molecule has 0 saturated carbocycles. The molecule has 0 bridgehead atoms. The molecule has 2 rings (SSSR count). The van der Waals surface area contributed by atoms with E-state index in [-0.39, 0.29) is 6.54 Å². The van der Waals surface area contributed by atoms with E-state index in [9.17, 15) is 24.3 Å². The highest BCUT2D eigenvalue weighted by Crippen LogP contribution is 2.51. The molecule has 4 N–H and O–H groups in total. The van der Waals surface area contributed by atoms with Gasteiger partial charge in [-0.25, -0.2) is 4.79 Å². The third kappa shape index (κ3) is 4.00. The number of carbonyl (C=O) groups is 1. The fraction of sp³-hybridized carbons (Fsp3) is 0.533. The summed E-state index contributed by atoms with van der Waals surface area (Å²) >= 11 is 0. The van der Waals surface area contributed by atoms with Crippen molar-refractivity contribution in [1.82, 2.24) is 0 Å². The van der Waals surface area contributed by atoms with Gasteiger partial charge in [0.2, 0.25) is 0 Å². The summed E-state index contributed by atoms with van der Waals surface area (Å²) in [6.45, 7) is 2.50. The van der Waals surface area contributed by atoms with Crippen LogP contribution >= 0.6 is 7.60 Å². The minimum Gasteiger partial charge on any atom is -0.479 e. The van der Waals surface area contributed by atoms with Crippen LogP contribution < -0.4 is 0 Å². The van der Waals surface area contributed by atoms with Gasteiger partial charge in [-0.05, 0) is 0 Å². The van der Waals surface area contributed by atoms with Crippen LogP contribution in [0.3, 0.4) is 0 Å². The molecule has 1 saturated heterocycles. The van der Waals surface area contributed by atoms with Gasteiger partial charge in [-0.2, -0.15) is 0 Å². The zero-order valence-electron chi connectivity index (χ0n) is 12.8. The first-order chi connectivity index (χ1) is 10.7. The van der Waals surface area contributed by atoms with E-state index in [4.69, 9.17) is 5.11 Å². The van der Waals surface area contributed by atoms with Gasteiger partial charge in [0.15, 0.2) is 0 Å². The van der Waals surface area contributed by atoms with Gasteiger partial charge in [0.05, 0.1) is 19.6 Å². The second-order valence-electron chi connectivity index (χ2n) is 6.28. The first-order valence-electron chi connectivity index (χ1n) is 7.59. The van der Waals surface area contributed by atoms with E-state index in [1.54, 1.807) is 0 Å². The summed E-state index contributed by atoms with van der Waals surface area (Å²) in [5.41, 5.74) is 1.09. The van der Waals surface area contributed by atoms with Crippen molar-refractivity contribution in [3.8, 4) is 0 Å². The van der Waals surface area contributed by atoms with E-state index in [0.29, 0.717) is 11.0 Å². The summed E-state index contributed by atoms with van der Waals surface area (Å²) in [4.78, 5) is 29.6. The Hall–Kier alpha value is -1.24. The maximum absolute atomic E-state index is 11.4. The van der Waals surface area contributed by atoms with E-state index in [1.807, 2.05) is 30.3 Å². The first-order valence-corrected chi connectivity index (χ1v) is 9.20. The predicted octanol–water partition coefficient (Wildman–Crippen LogP) is 1.14. The Morgan fingerprint density at radius 1 is 1.17 bits per heavy atom. The lowest BCUT2D eigenvalue weighted by molar-refractivity contribution is -0.930. The fourth-order valence-corrected chi connectivity index (χ4v) is 3.85. The molecule has 0 aliphatic carbocycles. The lowest BCUT2D eigenvalue weighted by Gasteiger charge is -2.36. The maximum Gasteiger partial charge on any atom is 0.368 e. The molecule has 8 heteroatoms. The van der Waals surface area contributed by atoms with Crippen LogP contribution in [0.2, 0.25) is 0 Å². The molecule has 0 spiro atoms. The monoisotopic (exact) mass is 344 g/mol. The Labute approximate surface area is 134 Å². The highest BCUT2D eigenvalue weighted by Gasteiger charge is 2.54. The number of carboxylic acids is 1. The molecule has 1 fully saturated rings. The van der Waals surface area contributed by atoms with Crippen LogP contribution in [0, 0.1) is 0 Å². The number of aliphatic hydroxyl groups is 1. The minimum atomic E-state index is -5.17. The van der Waals surface area contributed by atoms with Crippen molar-refractivity contribution in [2.24, 2.45) is 0 Å². The topological polar surface area (TPSA) is 115 Å². The Morgan fingerprint density at radius 2 is 1.74 bits per heavy atom. The molecular weight excluding hydrogens is 321 g/mol. The molecular formula is C15H23NO6P+. The number of quaternary nitrogens is 1. The third-order valence-corrected chi connectivity index (χ3v) is 6.01. The van der Waals surface area contributed by atoms with Crippen LogP contribution in [0.15, 0.2) is 30.3 Å². The summed E-state index contributed by atoms with van der Waals surface area (Å²) in [5, 5.41) is 16.0. The third-order valence-electron chi connectivity index (χ3n) is 4.63. The van der Waals surface area contributed by atoms with E-state index < -0.39 is 25.3 Å². The van der Waals surface area contributed by atoms with Crippen LogP contribution in [0.4, 0.5) is 0 Å². The zero-order chi connectivity index (χ0) is 17.1. The van der Waals surface area contributed by atoms with Crippen LogP contribution in [0.1, 0.15) is 24.8 Å². The summed E-state index contributed by atoms with van der Waals surface area (Å²) in [5.74, 6) is -1.87. The molecule has 128 valence electrons. The largest absolute Gasteiger partial charge is 0.479 e. The van der Waals surface area contributed by atoms with Crippen molar-refractivity contribution in [3.63, 3.8) is 0 Å². The van der Waals surface area contributed by atoms with Crippen molar-refractivity contribution in [2.45, 2.75) is 31.1 Å². The van der Waals surface area contributed by atoms with Gasteiger partial charge in [-0.3, -0.25) is 4.57 Å². The van der Waals surface area contributed by atoms with Gasteiger partial charge in [-0.1, -0.05) is 30.3 Å². The quantitative estimate of drug-likeness (QED) is 0.435. The van der Waals surface area contributed by atoms with E-state index >= 15 is 0 Å². The van der Waals surface area contributed by atoms with Gasteiger partial charge >= 0.3 is 13.6 Å². The molecule has 23 heavy (non-hydrogen) atoms. The zero-order valence-corrected chi connectivity index (χ0v) is 13.7. The molecule has 1 unspecified atom stereocenters. The molecule has 1 aromatic carbocycles. The Bertz CT molecular complexity index is 595. The van der Waals surface area contributed by atoms with Gasteiger partial charge in [-0.15, -0.1) is 0 Å². The van der Waals surface area contributed by atoms with Crippen molar-refractivity contribution in [1.29, 1.82) is 0 Å². The summed E-state index contributed by atoms with van der Waals surface area (Å²) < 4.78 is 12.0. The second kappa shape index (κ2) is 6.71. The second-order valence-corrected chi connectivity index (χ2v) is 8.11. The van der Waals surface area contributed by atoms with Gasteiger partial charge in [0, 0.05) is 24.8 Å². The Balaban J connectivity index is 2.17. The van der Waals surface area contributed by atoms with Gasteiger partial charge < -0.3 is 24.5 Å². The lowest BCUT2D eigenvalue weighted by Crippen LogP contribution is -2.49. The number of hydrogen-bond donors (Lipinski definition) is 4. The molecule has 0 amide bonds. The average Bonchev–Trinajstić information content (AvgIpc) is 2.93. The predicted molar refractivity (Wildman–Crippen MR) is 83.5 cm³/mol. The smallest absolute Gasteiger partial charge is 0.368 e. The van der Waals surface area contributed by atoms with Crippen molar-refractivity contribution >= 4 is 13.6 Å². The maximum atomic E-state index is 11.4. The van der Waals surface area contributed by atoms with Crippen LogP contribution in [0.5, 0.6) is 0 Å². The van der Waals surface area contributed by atoms with Gasteiger partial charge in [0.1, 0.15) is 6.54 Å². The number of carboxylic acid groups (broad SMARTS) is 1. The number of aliphatic carboxylic acids is 1. The first kappa shape index (κ1) is 18.1. The average molecular weight is 344 g/mol. The van der Waals surface area contributed by atoms with E-state index in [2.05, 4.69) is 0 Å². The molecule has 1 aromatic rings. The van der Waals surface area contributed by atoms with Crippen molar-refractivity contribution in [3.05, 3.63) is 35.9 Å². The van der Waals surface area contributed by atoms with Crippen LogP contribution in [0.25, 0.3) is 0 Å². The number of nitrogens with zero attached hydrogens (tertiary/aromatic N) is 1. The van der Waals surface area contributed by atoms with Crippen molar-refractivity contribution < 1.29 is 33.8 Å². The summed E-state index contributed by atoms with van der Waals surface area (Å²) in [7, 11) is -5.17. The molecule has 0 radical (unpaired) electrons. The highest BCUT2D eigenvalue weighted by atomic mass is 31.2. The van der Waals surface area contributed by atoms with Gasteiger partial charge in [0.25, 0.3) is 5.34 Å². The normalized spacial score (nSPS) is 20.1. The standard InChI is InChI=1S/C15H22NO6P/c17-14(18)15(19,23(20,21)22)8-11-16(9-4-5-10-16)12-13-6-2-1-3-7-13/h1-3,6-7,19H,4-5,8-12H2,(H2-,17,18,20,21,22)/p+1. The molecule has 1 atom stereocenters. The summed E-state index contributed by atoms with van der Waals surface area (Å²) in [6, 6.07) is 9.71. The Kier molecular flexibility index (Phi) is 5.28. The molecule has 1 heterocycles. The lowest BCUT2D eigenvalue weighted by atomic mass is 10.1. The van der Waals surface area contributed by atoms with Crippen LogP contribution in [-0.2, 0) is 15.9 Å². The van der Waals surface area contributed by atoms with E-state index in [0.717, 1.165) is 31.5 Å². The molecule has 1 aliphatic heterocycles. The summed E-state index contributed by atoms with van der Waals surface area (Å²) in [6.07, 6.45) is 1.49. The number of likely N-dealkylation sites (tertiary alicyclic amines) is 1. The highest BCUT2D eigenvalue weighted by molar-refractivity contribution is 7.54. The van der Waals surface area contributed by atoms with Crippen LogP contribution in [-0.4, -0.2) is 55.4 Å². The SMILES string of the molecule is O=C(O)C(O)(CC[N+]1(Cc2ccccc2)CCCC1)P(=O)(O)O. The van der Waals surface area contributed by atoms with Crippen molar-refractivity contribution in [2.75, 3.05) is 19.6 Å². The fourth-order valence-electron chi connectivity index (χ4n) is 3.21. The molecule has 0 aromatic heterocycles. The number of benzene rings is 1. The van der Waals surface area contributed by atoms with E-state index in [1.165, 1.54) is 0 Å². The minimum absolute atomic E-state index is 0.211.